The first-order valence-electron chi connectivity index (χ1n) is 5.45. The minimum atomic E-state index is 0.668. The van der Waals surface area contributed by atoms with E-state index in [-0.39, 0.29) is 0 Å². The topological polar surface area (TPSA) is 66.5 Å². The Bertz CT molecular complexity index is 679. The van der Waals surface area contributed by atoms with Gasteiger partial charge in [-0.3, -0.25) is 0 Å². The Kier molecular flexibility index (Phi) is 2.93. The molecule has 0 unspecified atom stereocenters. The van der Waals surface area contributed by atoms with Crippen molar-refractivity contribution >= 4 is 32.9 Å². The molecule has 0 aliphatic carbocycles. The van der Waals surface area contributed by atoms with Crippen LogP contribution in [-0.4, -0.2) is 19.9 Å². The largest absolute Gasteiger partial charge is 0.364 e. The van der Waals surface area contributed by atoms with Crippen LogP contribution in [0.15, 0.2) is 41.4 Å². The molecule has 0 aliphatic heterocycles. The highest BCUT2D eigenvalue weighted by Crippen LogP contribution is 2.17. The van der Waals surface area contributed by atoms with E-state index in [1.54, 1.807) is 6.33 Å². The summed E-state index contributed by atoms with van der Waals surface area (Å²) in [6, 6.07) is 8.13. The number of fused-ring (bicyclic) bond motifs is 1. The smallest absolute Gasteiger partial charge is 0.182 e. The number of nitrogens with one attached hydrogen (secondary N) is 2. The highest BCUT2D eigenvalue weighted by Gasteiger charge is 2.04. The number of anilines is 1. The van der Waals surface area contributed by atoms with E-state index in [4.69, 9.17) is 0 Å². The standard InChI is InChI=1S/C12H10BrN5/c13-9-3-1-2-8(4-9)5-14-11-10-12(16-6-15-10)18-7-17-11/h1-4,6-7H,5H2,(H2,14,15,16,17,18). The third-order valence-corrected chi connectivity index (χ3v) is 3.07. The molecule has 18 heavy (non-hydrogen) atoms. The van der Waals surface area contributed by atoms with Crippen molar-refractivity contribution in [3.05, 3.63) is 47.0 Å². The number of hydrogen-bond acceptors (Lipinski definition) is 4. The van der Waals surface area contributed by atoms with Crippen LogP contribution in [0.4, 0.5) is 5.82 Å². The Labute approximate surface area is 112 Å². The van der Waals surface area contributed by atoms with Crippen LogP contribution in [0.25, 0.3) is 11.2 Å². The molecule has 0 spiro atoms. The molecule has 1 aromatic carbocycles. The fourth-order valence-corrected chi connectivity index (χ4v) is 2.18. The number of halogens is 1. The molecule has 0 amide bonds. The van der Waals surface area contributed by atoms with Crippen molar-refractivity contribution in [2.24, 2.45) is 0 Å². The summed E-state index contributed by atoms with van der Waals surface area (Å²) >= 11 is 3.45. The molecular formula is C12H10BrN5. The lowest BCUT2D eigenvalue weighted by atomic mass is 10.2. The second kappa shape index (κ2) is 4.73. The van der Waals surface area contributed by atoms with Gasteiger partial charge in [-0.1, -0.05) is 28.1 Å². The zero-order chi connectivity index (χ0) is 12.4. The van der Waals surface area contributed by atoms with Crippen molar-refractivity contribution in [1.82, 2.24) is 19.9 Å². The molecule has 0 saturated heterocycles. The number of aromatic nitrogens is 4. The molecule has 5 nitrogen and oxygen atoms in total. The van der Waals surface area contributed by atoms with Crippen molar-refractivity contribution in [3.8, 4) is 0 Å². The molecule has 0 atom stereocenters. The van der Waals surface area contributed by atoms with Crippen LogP contribution in [0.5, 0.6) is 0 Å². The van der Waals surface area contributed by atoms with Crippen LogP contribution in [0, 0.1) is 0 Å². The van der Waals surface area contributed by atoms with Crippen LogP contribution < -0.4 is 5.32 Å². The van der Waals surface area contributed by atoms with Gasteiger partial charge in [-0.2, -0.15) is 0 Å². The molecule has 0 fully saturated rings. The lowest BCUT2D eigenvalue weighted by Crippen LogP contribution is -2.02. The second-order valence-corrected chi connectivity index (χ2v) is 4.72. The van der Waals surface area contributed by atoms with Gasteiger partial charge in [0, 0.05) is 11.0 Å². The van der Waals surface area contributed by atoms with Crippen molar-refractivity contribution in [2.75, 3.05) is 5.32 Å². The van der Waals surface area contributed by atoms with Gasteiger partial charge < -0.3 is 10.3 Å². The third-order valence-electron chi connectivity index (χ3n) is 2.57. The fraction of sp³-hybridized carbons (Fsp3) is 0.0833. The van der Waals surface area contributed by atoms with E-state index in [0.717, 1.165) is 15.8 Å². The molecule has 90 valence electrons. The van der Waals surface area contributed by atoms with Crippen LogP contribution in [0.2, 0.25) is 0 Å². The molecule has 0 aliphatic rings. The Morgan fingerprint density at radius 2 is 2.17 bits per heavy atom. The van der Waals surface area contributed by atoms with Crippen LogP contribution in [0.3, 0.4) is 0 Å². The van der Waals surface area contributed by atoms with Gasteiger partial charge in [0.15, 0.2) is 11.5 Å². The van der Waals surface area contributed by atoms with Gasteiger partial charge in [-0.05, 0) is 17.7 Å². The monoisotopic (exact) mass is 303 g/mol. The second-order valence-electron chi connectivity index (χ2n) is 3.81. The van der Waals surface area contributed by atoms with E-state index in [0.29, 0.717) is 12.2 Å². The summed E-state index contributed by atoms with van der Waals surface area (Å²) in [5.74, 6) is 0.762. The Morgan fingerprint density at radius 1 is 1.22 bits per heavy atom. The highest BCUT2D eigenvalue weighted by molar-refractivity contribution is 9.10. The molecule has 6 heteroatoms. The molecular weight excluding hydrogens is 294 g/mol. The van der Waals surface area contributed by atoms with Crippen LogP contribution >= 0.6 is 15.9 Å². The zero-order valence-corrected chi connectivity index (χ0v) is 11.0. The summed E-state index contributed by atoms with van der Waals surface area (Å²) in [4.78, 5) is 15.4. The van der Waals surface area contributed by atoms with Gasteiger partial charge >= 0.3 is 0 Å². The summed E-state index contributed by atoms with van der Waals surface area (Å²) in [5.41, 5.74) is 2.67. The molecule has 3 aromatic rings. The van der Waals surface area contributed by atoms with E-state index in [2.05, 4.69) is 53.3 Å². The molecule has 0 bridgehead atoms. The molecule has 2 aromatic heterocycles. The predicted molar refractivity (Wildman–Crippen MR) is 73.2 cm³/mol. The summed E-state index contributed by atoms with van der Waals surface area (Å²) in [5, 5.41) is 3.27. The van der Waals surface area contributed by atoms with Gasteiger partial charge in [-0.15, -0.1) is 0 Å². The minimum absolute atomic E-state index is 0.668. The maximum atomic E-state index is 4.21. The average molecular weight is 304 g/mol. The Balaban J connectivity index is 1.83. The first kappa shape index (κ1) is 11.2. The normalized spacial score (nSPS) is 10.7. The fourth-order valence-electron chi connectivity index (χ4n) is 1.73. The number of rotatable bonds is 3. The van der Waals surface area contributed by atoms with Gasteiger partial charge in [0.1, 0.15) is 11.8 Å². The van der Waals surface area contributed by atoms with Gasteiger partial charge in [0.2, 0.25) is 0 Å². The molecule has 0 saturated carbocycles. The van der Waals surface area contributed by atoms with Crippen molar-refractivity contribution < 1.29 is 0 Å². The molecule has 2 N–H and O–H groups in total. The summed E-state index contributed by atoms with van der Waals surface area (Å²) in [6.45, 7) is 0.699. The van der Waals surface area contributed by atoms with Gasteiger partial charge in [-0.25, -0.2) is 15.0 Å². The zero-order valence-electron chi connectivity index (χ0n) is 9.39. The average Bonchev–Trinajstić information content (AvgIpc) is 2.85. The number of nitrogens with zero attached hydrogens (tertiary/aromatic N) is 3. The van der Waals surface area contributed by atoms with E-state index >= 15 is 0 Å². The van der Waals surface area contributed by atoms with Gasteiger partial charge in [0.05, 0.1) is 6.33 Å². The summed E-state index contributed by atoms with van der Waals surface area (Å²) in [6.07, 6.45) is 3.12. The quantitative estimate of drug-likeness (QED) is 0.781. The molecule has 3 rings (SSSR count). The first-order chi connectivity index (χ1) is 8.83. The number of hydrogen-bond donors (Lipinski definition) is 2. The van der Waals surface area contributed by atoms with Crippen LogP contribution in [0.1, 0.15) is 5.56 Å². The van der Waals surface area contributed by atoms with E-state index in [1.807, 2.05) is 12.1 Å². The Morgan fingerprint density at radius 3 is 3.06 bits per heavy atom. The summed E-state index contributed by atoms with van der Waals surface area (Å²) < 4.78 is 1.07. The maximum absolute atomic E-state index is 4.21. The molecule has 2 heterocycles. The lowest BCUT2D eigenvalue weighted by molar-refractivity contribution is 1.10. The number of imidazole rings is 1. The number of H-pyrrole nitrogens is 1. The maximum Gasteiger partial charge on any atom is 0.182 e. The van der Waals surface area contributed by atoms with Crippen molar-refractivity contribution in [2.45, 2.75) is 6.54 Å². The Hall–Kier alpha value is -1.95. The highest BCUT2D eigenvalue weighted by atomic mass is 79.9. The number of aromatic amines is 1. The van der Waals surface area contributed by atoms with Crippen molar-refractivity contribution in [3.63, 3.8) is 0 Å². The van der Waals surface area contributed by atoms with E-state index in [1.165, 1.54) is 11.9 Å². The molecule has 0 radical (unpaired) electrons. The van der Waals surface area contributed by atoms with E-state index < -0.39 is 0 Å². The number of benzene rings is 1. The summed E-state index contributed by atoms with van der Waals surface area (Å²) in [7, 11) is 0. The minimum Gasteiger partial charge on any atom is -0.364 e. The lowest BCUT2D eigenvalue weighted by Gasteiger charge is -2.06. The predicted octanol–water partition coefficient (Wildman–Crippen LogP) is 2.73. The first-order valence-corrected chi connectivity index (χ1v) is 6.24. The van der Waals surface area contributed by atoms with Gasteiger partial charge in [0.25, 0.3) is 0 Å². The van der Waals surface area contributed by atoms with Crippen LogP contribution in [-0.2, 0) is 6.54 Å². The third kappa shape index (κ3) is 2.19. The SMILES string of the molecule is Brc1cccc(CNc2ncnc3nc[nH]c23)c1. The van der Waals surface area contributed by atoms with Crippen molar-refractivity contribution in [1.29, 1.82) is 0 Å². The van der Waals surface area contributed by atoms with E-state index in [9.17, 15) is 0 Å².